The van der Waals surface area contributed by atoms with Gasteiger partial charge in [-0.25, -0.2) is 0 Å². The molecule has 0 spiro atoms. The van der Waals surface area contributed by atoms with E-state index in [1.54, 1.807) is 30.3 Å². The average Bonchev–Trinajstić information content (AvgIpc) is 3.01. The molecule has 0 aliphatic heterocycles. The SMILES string of the molecule is C=Cc1cc(C(=O)Nc2ccc(NC(=O)c3cc4c(c(Nc5ccccc5)c3O)=CCCC=4)cc2)c(O)c(N)c1C=C. The molecule has 0 fully saturated rings. The zero-order valence-corrected chi connectivity index (χ0v) is 22.8. The Morgan fingerprint density at radius 3 is 1.95 bits per heavy atom. The van der Waals surface area contributed by atoms with Gasteiger partial charge in [-0.2, -0.15) is 0 Å². The highest BCUT2D eigenvalue weighted by Crippen LogP contribution is 2.34. The Hall–Kier alpha value is -5.76. The first-order valence-corrected chi connectivity index (χ1v) is 13.3. The van der Waals surface area contributed by atoms with E-state index in [9.17, 15) is 19.8 Å². The van der Waals surface area contributed by atoms with E-state index in [1.807, 2.05) is 36.4 Å². The van der Waals surface area contributed by atoms with Crippen molar-refractivity contribution in [3.8, 4) is 11.5 Å². The van der Waals surface area contributed by atoms with Crippen molar-refractivity contribution in [2.24, 2.45) is 0 Å². The largest absolute Gasteiger partial charge is 0.505 e. The van der Waals surface area contributed by atoms with E-state index in [0.29, 0.717) is 28.2 Å². The Balaban J connectivity index is 1.36. The number of carbonyl (C=O) groups excluding carboxylic acids is 2. The topological polar surface area (TPSA) is 137 Å². The Morgan fingerprint density at radius 1 is 0.762 bits per heavy atom. The minimum atomic E-state index is -0.569. The standard InChI is InChI=1S/C34H30N4O4/c1-3-20-18-27(31(39)29(35)25(20)4-2)33(41)37-23-14-16-24(17-15-23)38-34(42)28-19-21-10-8-9-13-26(21)30(32(28)40)36-22-11-6-5-7-12-22/h3-7,10-19,36,39-40H,1-2,8-9,35H2,(H,37,41)(H,38,42). The predicted octanol–water partition coefficient (Wildman–Crippen LogP) is 5.57. The molecule has 0 saturated carbocycles. The lowest BCUT2D eigenvalue weighted by molar-refractivity contribution is 0.101. The summed E-state index contributed by atoms with van der Waals surface area (Å²) in [4.78, 5) is 26.2. The lowest BCUT2D eigenvalue weighted by Crippen LogP contribution is -2.31. The molecule has 0 heterocycles. The van der Waals surface area contributed by atoms with Crippen LogP contribution < -0.4 is 32.1 Å². The first-order chi connectivity index (χ1) is 20.3. The number of aromatic hydroxyl groups is 2. The second kappa shape index (κ2) is 11.8. The van der Waals surface area contributed by atoms with Crippen LogP contribution in [0.3, 0.4) is 0 Å². The molecule has 4 aromatic rings. The van der Waals surface area contributed by atoms with Crippen molar-refractivity contribution in [1.29, 1.82) is 0 Å². The highest BCUT2D eigenvalue weighted by molar-refractivity contribution is 6.09. The van der Waals surface area contributed by atoms with E-state index in [0.717, 1.165) is 29.0 Å². The maximum absolute atomic E-state index is 13.3. The van der Waals surface area contributed by atoms with Gasteiger partial charge in [-0.15, -0.1) is 0 Å². The van der Waals surface area contributed by atoms with Gasteiger partial charge in [0.2, 0.25) is 0 Å². The maximum atomic E-state index is 13.3. The molecule has 0 radical (unpaired) electrons. The van der Waals surface area contributed by atoms with Crippen molar-refractivity contribution in [3.05, 3.63) is 113 Å². The van der Waals surface area contributed by atoms with E-state index in [4.69, 9.17) is 5.73 Å². The summed E-state index contributed by atoms with van der Waals surface area (Å²) in [6.45, 7) is 7.41. The van der Waals surface area contributed by atoms with Crippen LogP contribution in [0.15, 0.2) is 79.9 Å². The second-order valence-electron chi connectivity index (χ2n) is 9.71. The third-order valence-corrected chi connectivity index (χ3v) is 7.02. The minimum Gasteiger partial charge on any atom is -0.505 e. The Labute approximate surface area is 242 Å². The number of amides is 2. The van der Waals surface area contributed by atoms with Gasteiger partial charge in [0, 0.05) is 27.8 Å². The van der Waals surface area contributed by atoms with Crippen LogP contribution in [-0.2, 0) is 0 Å². The number of hydrogen-bond donors (Lipinski definition) is 6. The monoisotopic (exact) mass is 558 g/mol. The summed E-state index contributed by atoms with van der Waals surface area (Å²) in [5.74, 6) is -1.55. The van der Waals surface area contributed by atoms with Gasteiger partial charge in [-0.05, 0) is 72.2 Å². The van der Waals surface area contributed by atoms with Gasteiger partial charge in [-0.1, -0.05) is 55.7 Å². The fraction of sp³-hybridized carbons (Fsp3) is 0.0588. The first-order valence-electron chi connectivity index (χ1n) is 13.3. The number of phenols is 2. The summed E-state index contributed by atoms with van der Waals surface area (Å²) in [7, 11) is 0. The van der Waals surface area contributed by atoms with E-state index in [1.165, 1.54) is 18.2 Å². The number of anilines is 5. The van der Waals surface area contributed by atoms with E-state index >= 15 is 0 Å². The van der Waals surface area contributed by atoms with Crippen molar-refractivity contribution in [2.45, 2.75) is 12.8 Å². The van der Waals surface area contributed by atoms with Crippen LogP contribution in [0.25, 0.3) is 24.3 Å². The summed E-state index contributed by atoms with van der Waals surface area (Å²) in [6.07, 6.45) is 8.80. The van der Waals surface area contributed by atoms with Crippen molar-refractivity contribution >= 4 is 64.6 Å². The number of benzene rings is 4. The van der Waals surface area contributed by atoms with Crippen LogP contribution in [0.2, 0.25) is 0 Å². The molecule has 0 atom stereocenters. The fourth-order valence-corrected chi connectivity index (χ4v) is 4.86. The molecule has 8 nitrogen and oxygen atoms in total. The number of phenolic OH excluding ortho intramolecular Hbond substituents is 2. The molecule has 2 amide bonds. The van der Waals surface area contributed by atoms with Crippen LogP contribution in [0.5, 0.6) is 11.5 Å². The molecule has 42 heavy (non-hydrogen) atoms. The molecule has 7 N–H and O–H groups in total. The van der Waals surface area contributed by atoms with Gasteiger partial charge in [0.15, 0.2) is 11.5 Å². The van der Waals surface area contributed by atoms with Gasteiger partial charge in [0.1, 0.15) is 0 Å². The van der Waals surface area contributed by atoms with Crippen LogP contribution in [0, 0.1) is 0 Å². The predicted molar refractivity (Wildman–Crippen MR) is 170 cm³/mol. The third kappa shape index (κ3) is 5.46. The Kier molecular flexibility index (Phi) is 7.79. The van der Waals surface area contributed by atoms with Gasteiger partial charge >= 0.3 is 0 Å². The van der Waals surface area contributed by atoms with Crippen LogP contribution in [0.4, 0.5) is 28.4 Å². The molecule has 0 bridgehead atoms. The molecular weight excluding hydrogens is 528 g/mol. The van der Waals surface area contributed by atoms with E-state index in [2.05, 4.69) is 35.2 Å². The molecule has 210 valence electrons. The number of nitrogen functional groups attached to an aromatic ring is 1. The summed E-state index contributed by atoms with van der Waals surface area (Å²) in [5.41, 5.74) is 9.35. The lowest BCUT2D eigenvalue weighted by atomic mass is 9.99. The smallest absolute Gasteiger partial charge is 0.259 e. The number of nitrogens with two attached hydrogens (primary N) is 1. The molecule has 4 aromatic carbocycles. The number of carbonyl (C=O) groups is 2. The van der Waals surface area contributed by atoms with Crippen molar-refractivity contribution < 1.29 is 19.8 Å². The van der Waals surface area contributed by atoms with Crippen LogP contribution in [-0.4, -0.2) is 22.0 Å². The number of nitrogens with one attached hydrogen (secondary N) is 3. The Bertz CT molecular complexity index is 1850. The molecule has 0 unspecified atom stereocenters. The highest BCUT2D eigenvalue weighted by Gasteiger charge is 2.20. The van der Waals surface area contributed by atoms with Gasteiger partial charge in [-0.3, -0.25) is 9.59 Å². The first kappa shape index (κ1) is 27.8. The number of para-hydroxylation sites is 1. The van der Waals surface area contributed by atoms with Gasteiger partial charge < -0.3 is 31.9 Å². The quantitative estimate of drug-likeness (QED) is 0.124. The molecule has 0 saturated heterocycles. The second-order valence-corrected chi connectivity index (χ2v) is 9.71. The molecule has 8 heteroatoms. The van der Waals surface area contributed by atoms with Gasteiger partial charge in [0.05, 0.1) is 22.5 Å². The molecule has 1 aliphatic carbocycles. The fourth-order valence-electron chi connectivity index (χ4n) is 4.86. The maximum Gasteiger partial charge on any atom is 0.259 e. The van der Waals surface area contributed by atoms with Crippen molar-refractivity contribution in [1.82, 2.24) is 0 Å². The number of hydrogen-bond acceptors (Lipinski definition) is 6. The molecule has 1 aliphatic rings. The molecule has 5 rings (SSSR count). The molecule has 0 aromatic heterocycles. The van der Waals surface area contributed by atoms with Crippen LogP contribution in [0.1, 0.15) is 44.7 Å². The van der Waals surface area contributed by atoms with E-state index < -0.39 is 11.8 Å². The zero-order chi connectivity index (χ0) is 29.8. The zero-order valence-electron chi connectivity index (χ0n) is 22.8. The number of fused-ring (bicyclic) bond motifs is 1. The number of rotatable bonds is 8. The lowest BCUT2D eigenvalue weighted by Gasteiger charge is -2.16. The molecular formula is C34H30N4O4. The normalized spacial score (nSPS) is 11.7. The van der Waals surface area contributed by atoms with Crippen molar-refractivity contribution in [2.75, 3.05) is 21.7 Å². The third-order valence-electron chi connectivity index (χ3n) is 7.02. The summed E-state index contributed by atoms with van der Waals surface area (Å²) in [5, 5.41) is 32.2. The summed E-state index contributed by atoms with van der Waals surface area (Å²) in [6, 6.07) is 19.1. The average molecular weight is 559 g/mol. The van der Waals surface area contributed by atoms with Gasteiger partial charge in [0.25, 0.3) is 11.8 Å². The van der Waals surface area contributed by atoms with Crippen molar-refractivity contribution in [3.63, 3.8) is 0 Å². The highest BCUT2D eigenvalue weighted by atomic mass is 16.3. The van der Waals surface area contributed by atoms with Crippen LogP contribution >= 0.6 is 0 Å². The van der Waals surface area contributed by atoms with E-state index in [-0.39, 0.29) is 28.3 Å². The summed E-state index contributed by atoms with van der Waals surface area (Å²) < 4.78 is 0. The Morgan fingerprint density at radius 2 is 1.36 bits per heavy atom. The minimum absolute atomic E-state index is 0.0118. The summed E-state index contributed by atoms with van der Waals surface area (Å²) >= 11 is 0.